The van der Waals surface area contributed by atoms with Crippen LogP contribution >= 0.6 is 0 Å². The third-order valence-corrected chi connectivity index (χ3v) is 12.7. The monoisotopic (exact) mass is 777 g/mol. The highest BCUT2D eigenvalue weighted by molar-refractivity contribution is 6.22. The van der Waals surface area contributed by atoms with E-state index in [1.165, 1.54) is 55.6 Å². The Morgan fingerprint density at radius 2 is 0.918 bits per heavy atom. The fourth-order valence-corrected chi connectivity index (χ4v) is 10.1. The van der Waals surface area contributed by atoms with E-state index < -0.39 is 5.41 Å². The molecule has 61 heavy (non-hydrogen) atoms. The van der Waals surface area contributed by atoms with Gasteiger partial charge in [-0.2, -0.15) is 0 Å². The van der Waals surface area contributed by atoms with Gasteiger partial charge in [0.25, 0.3) is 0 Å². The zero-order valence-electron chi connectivity index (χ0n) is 33.4. The average molecular weight is 778 g/mol. The van der Waals surface area contributed by atoms with Gasteiger partial charge in [-0.3, -0.25) is 0 Å². The summed E-state index contributed by atoms with van der Waals surface area (Å²) in [5, 5.41) is 4.43. The molecule has 0 fully saturated rings. The van der Waals surface area contributed by atoms with Crippen LogP contribution < -0.4 is 4.90 Å². The van der Waals surface area contributed by atoms with Crippen molar-refractivity contribution in [1.82, 2.24) is 0 Å². The van der Waals surface area contributed by atoms with Crippen LogP contribution in [0.4, 0.5) is 17.1 Å². The molecule has 0 amide bonds. The lowest BCUT2D eigenvalue weighted by atomic mass is 9.67. The molecule has 286 valence electrons. The minimum absolute atomic E-state index is 0.542. The first-order chi connectivity index (χ1) is 30.3. The van der Waals surface area contributed by atoms with E-state index in [4.69, 9.17) is 4.42 Å². The maximum Gasteiger partial charge on any atom is 0.143 e. The Morgan fingerprint density at radius 3 is 1.57 bits per heavy atom. The van der Waals surface area contributed by atoms with E-state index in [0.29, 0.717) is 0 Å². The molecule has 0 saturated heterocycles. The van der Waals surface area contributed by atoms with Crippen molar-refractivity contribution >= 4 is 49.8 Å². The van der Waals surface area contributed by atoms with Crippen molar-refractivity contribution in [2.45, 2.75) is 5.41 Å². The quantitative estimate of drug-likeness (QED) is 0.160. The van der Waals surface area contributed by atoms with Crippen LogP contribution in [0.25, 0.3) is 66.1 Å². The Kier molecular flexibility index (Phi) is 8.11. The van der Waals surface area contributed by atoms with Crippen LogP contribution in [0.2, 0.25) is 0 Å². The van der Waals surface area contributed by atoms with Gasteiger partial charge in [0.05, 0.1) is 16.5 Å². The van der Waals surface area contributed by atoms with E-state index in [1.54, 1.807) is 0 Å². The van der Waals surface area contributed by atoms with Gasteiger partial charge in [-0.15, -0.1) is 0 Å². The van der Waals surface area contributed by atoms with Crippen LogP contribution in [0.3, 0.4) is 0 Å². The van der Waals surface area contributed by atoms with E-state index >= 15 is 0 Å². The molecular formula is C59H39NO. The van der Waals surface area contributed by atoms with Crippen molar-refractivity contribution < 1.29 is 4.42 Å². The molecule has 0 atom stereocenters. The molecule has 0 bridgehead atoms. The fraction of sp³-hybridized carbons (Fsp3) is 0.0169. The number of hydrogen-bond donors (Lipinski definition) is 0. The summed E-state index contributed by atoms with van der Waals surface area (Å²) < 4.78 is 6.91. The summed E-state index contributed by atoms with van der Waals surface area (Å²) in [6.07, 6.45) is 0. The van der Waals surface area contributed by atoms with Gasteiger partial charge in [0, 0.05) is 22.1 Å². The molecule has 0 N–H and O–H groups in total. The fourth-order valence-electron chi connectivity index (χ4n) is 10.1. The molecule has 12 rings (SSSR count). The highest BCUT2D eigenvalue weighted by Gasteiger charge is 2.46. The lowest BCUT2D eigenvalue weighted by Crippen LogP contribution is -2.28. The first-order valence-corrected chi connectivity index (χ1v) is 21.0. The summed E-state index contributed by atoms with van der Waals surface area (Å²) in [5.74, 6) is 0. The number of furan rings is 1. The topological polar surface area (TPSA) is 16.4 Å². The molecule has 2 heteroatoms. The van der Waals surface area contributed by atoms with Crippen molar-refractivity contribution in [3.63, 3.8) is 0 Å². The molecule has 1 aromatic heterocycles. The van der Waals surface area contributed by atoms with Crippen LogP contribution in [-0.2, 0) is 5.41 Å². The van der Waals surface area contributed by atoms with Crippen molar-refractivity contribution in [2.75, 3.05) is 4.90 Å². The second-order valence-electron chi connectivity index (χ2n) is 16.0. The standard InChI is InChI=1S/C59H39NO/c1-6-19-40(20-7-1)41-34-36-53-51(37-41)48-35-33-42(38-54(48)59(53,43-21-8-2-9-22-43)44-23-10-3-11-24-44)50-39-52-57-55(60(45-25-12-4-13-26-45)46-27-14-5-15-28-46)31-18-32-56(57)61-58(52)49-30-17-16-29-47(49)50/h1-39H. The number of hydrogen-bond acceptors (Lipinski definition) is 2. The number of para-hydroxylation sites is 2. The Morgan fingerprint density at radius 1 is 0.344 bits per heavy atom. The van der Waals surface area contributed by atoms with Crippen LogP contribution in [0.5, 0.6) is 0 Å². The molecule has 1 aliphatic rings. The van der Waals surface area contributed by atoms with Crippen molar-refractivity contribution in [2.24, 2.45) is 0 Å². The number of anilines is 3. The molecule has 1 heterocycles. The smallest absolute Gasteiger partial charge is 0.143 e. The minimum Gasteiger partial charge on any atom is -0.455 e. The highest BCUT2D eigenvalue weighted by atomic mass is 16.3. The Bertz CT molecular complexity index is 3310. The van der Waals surface area contributed by atoms with E-state index in [0.717, 1.165) is 49.8 Å². The number of rotatable bonds is 7. The maximum atomic E-state index is 6.91. The Hall–Kier alpha value is -7.94. The molecule has 0 aliphatic heterocycles. The van der Waals surface area contributed by atoms with E-state index in [-0.39, 0.29) is 0 Å². The molecule has 2 nitrogen and oxygen atoms in total. The van der Waals surface area contributed by atoms with Gasteiger partial charge in [-0.25, -0.2) is 0 Å². The first kappa shape index (κ1) is 35.0. The average Bonchev–Trinajstić information content (AvgIpc) is 3.87. The number of nitrogens with zero attached hydrogens (tertiary/aromatic N) is 1. The summed E-state index contributed by atoms with van der Waals surface area (Å²) in [4.78, 5) is 2.34. The highest BCUT2D eigenvalue weighted by Crippen LogP contribution is 2.58. The van der Waals surface area contributed by atoms with Gasteiger partial charge < -0.3 is 9.32 Å². The predicted octanol–water partition coefficient (Wildman–Crippen LogP) is 15.9. The molecule has 10 aromatic carbocycles. The molecule has 0 radical (unpaired) electrons. The minimum atomic E-state index is -0.542. The zero-order valence-corrected chi connectivity index (χ0v) is 33.4. The van der Waals surface area contributed by atoms with Gasteiger partial charge in [0.1, 0.15) is 11.2 Å². The van der Waals surface area contributed by atoms with Crippen LogP contribution in [0.1, 0.15) is 22.3 Å². The van der Waals surface area contributed by atoms with Crippen LogP contribution in [0.15, 0.2) is 241 Å². The van der Waals surface area contributed by atoms with Crippen LogP contribution in [0, 0.1) is 0 Å². The molecule has 0 spiro atoms. The Balaban J connectivity index is 1.14. The summed E-state index contributed by atoms with van der Waals surface area (Å²) in [6.45, 7) is 0. The molecule has 11 aromatic rings. The van der Waals surface area contributed by atoms with Crippen LogP contribution in [-0.4, -0.2) is 0 Å². The van der Waals surface area contributed by atoms with E-state index in [9.17, 15) is 0 Å². The zero-order chi connectivity index (χ0) is 40.3. The normalized spacial score (nSPS) is 12.7. The van der Waals surface area contributed by atoms with Crippen molar-refractivity contribution in [3.8, 4) is 33.4 Å². The summed E-state index contributed by atoms with van der Waals surface area (Å²) in [5.41, 5.74) is 16.8. The predicted molar refractivity (Wildman–Crippen MR) is 254 cm³/mol. The van der Waals surface area contributed by atoms with Gasteiger partial charge in [0.15, 0.2) is 0 Å². The van der Waals surface area contributed by atoms with Crippen molar-refractivity contribution in [1.29, 1.82) is 0 Å². The molecule has 1 aliphatic carbocycles. The summed E-state index contributed by atoms with van der Waals surface area (Å²) in [6, 6.07) is 85.9. The second-order valence-corrected chi connectivity index (χ2v) is 16.0. The van der Waals surface area contributed by atoms with Crippen molar-refractivity contribution in [3.05, 3.63) is 259 Å². The van der Waals surface area contributed by atoms with E-state index in [1.807, 2.05) is 0 Å². The maximum absolute atomic E-state index is 6.91. The number of benzene rings is 10. The van der Waals surface area contributed by atoms with Gasteiger partial charge in [-0.1, -0.05) is 182 Å². The molecular weight excluding hydrogens is 739 g/mol. The lowest BCUT2D eigenvalue weighted by molar-refractivity contribution is 0.672. The summed E-state index contributed by atoms with van der Waals surface area (Å²) in [7, 11) is 0. The number of fused-ring (bicyclic) bond motifs is 8. The Labute approximate surface area is 355 Å². The SMILES string of the molecule is c1ccc(-c2ccc3c(c2)-c2ccc(-c4cc5c(oc6cccc(N(c7ccccc7)c7ccccc7)c65)c5ccccc45)cc2C3(c2ccccc2)c2ccccc2)cc1. The van der Waals surface area contributed by atoms with Gasteiger partial charge in [-0.05, 0) is 116 Å². The molecule has 0 saturated carbocycles. The third kappa shape index (κ3) is 5.43. The lowest BCUT2D eigenvalue weighted by Gasteiger charge is -2.34. The summed E-state index contributed by atoms with van der Waals surface area (Å²) >= 11 is 0. The van der Waals surface area contributed by atoms with Gasteiger partial charge >= 0.3 is 0 Å². The first-order valence-electron chi connectivity index (χ1n) is 21.0. The third-order valence-electron chi connectivity index (χ3n) is 12.7. The second kappa shape index (κ2) is 14.1. The van der Waals surface area contributed by atoms with E-state index in [2.05, 4.69) is 241 Å². The largest absolute Gasteiger partial charge is 0.455 e. The molecule has 0 unspecified atom stereocenters. The van der Waals surface area contributed by atoms with Gasteiger partial charge in [0.2, 0.25) is 0 Å².